The number of aromatic nitrogens is 6. The highest BCUT2D eigenvalue weighted by atomic mass is 19.4. The molecule has 1 saturated carbocycles. The van der Waals surface area contributed by atoms with Gasteiger partial charge in [-0.1, -0.05) is 30.3 Å². The number of hydrogen-bond acceptors (Lipinski definition) is 12. The molecule has 2 amide bonds. The molecular formula is C33H36F3N9O5. The zero-order valence-electron chi connectivity index (χ0n) is 27.3. The maximum atomic E-state index is 14.1. The first-order chi connectivity index (χ1) is 24.2. The third-order valence-electron chi connectivity index (χ3n) is 8.38. The molecule has 0 radical (unpaired) electrons. The van der Waals surface area contributed by atoms with E-state index in [2.05, 4.69) is 40.5 Å². The lowest BCUT2D eigenvalue weighted by Crippen LogP contribution is -2.50. The summed E-state index contributed by atoms with van der Waals surface area (Å²) in [5.74, 6) is -0.165. The van der Waals surface area contributed by atoms with Crippen molar-refractivity contribution in [2.24, 2.45) is 0 Å². The number of alkyl halides is 3. The highest BCUT2D eigenvalue weighted by Crippen LogP contribution is 2.36. The zero-order valence-corrected chi connectivity index (χ0v) is 27.3. The quantitative estimate of drug-likeness (QED) is 0.208. The van der Waals surface area contributed by atoms with E-state index in [9.17, 15) is 18.0 Å². The third-order valence-corrected chi connectivity index (χ3v) is 8.38. The standard InChI is InChI=1S/C33H36F3N9O5/c1-47-19-27(20-6-4-3-5-7-20)43-32(46)45(28-16-37-26(15-38-28)21-12-40-31(48-2)41-13-21)23-10-8-22(9-11-23)42-30-39-14-25(33(34,35)36)29(44-30)50-24-17-49-18-24/h3-7,12-16,22-24,27H,8-11,17-19H2,1-2H3,(H,43,46)(H,39,42,44). The second-order valence-corrected chi connectivity index (χ2v) is 11.8. The van der Waals surface area contributed by atoms with Gasteiger partial charge in [-0.3, -0.25) is 9.88 Å². The molecule has 1 aromatic carbocycles. The van der Waals surface area contributed by atoms with Crippen LogP contribution in [-0.4, -0.2) is 88.2 Å². The molecule has 4 aromatic rings. The van der Waals surface area contributed by atoms with E-state index in [-0.39, 0.29) is 49.9 Å². The maximum Gasteiger partial charge on any atom is 0.423 e. The Kier molecular flexibility index (Phi) is 10.8. The summed E-state index contributed by atoms with van der Waals surface area (Å²) in [4.78, 5) is 41.1. The fraction of sp³-hybridized carbons (Fsp3) is 0.424. The van der Waals surface area contributed by atoms with Crippen molar-refractivity contribution >= 4 is 17.8 Å². The van der Waals surface area contributed by atoms with Crippen molar-refractivity contribution in [2.45, 2.75) is 56.1 Å². The van der Waals surface area contributed by atoms with Gasteiger partial charge in [0.2, 0.25) is 11.8 Å². The number of carbonyl (C=O) groups excluding carboxylic acids is 1. The number of rotatable bonds is 12. The van der Waals surface area contributed by atoms with Crippen LogP contribution in [-0.2, 0) is 15.7 Å². The molecule has 1 aliphatic heterocycles. The van der Waals surface area contributed by atoms with E-state index in [1.807, 2.05) is 30.3 Å². The van der Waals surface area contributed by atoms with Gasteiger partial charge in [0.25, 0.3) is 0 Å². The molecule has 0 bridgehead atoms. The number of methoxy groups -OCH3 is 2. The topological polar surface area (TPSA) is 159 Å². The lowest BCUT2D eigenvalue weighted by atomic mass is 9.90. The van der Waals surface area contributed by atoms with Gasteiger partial charge in [0.1, 0.15) is 11.7 Å². The van der Waals surface area contributed by atoms with Crippen molar-refractivity contribution in [1.29, 1.82) is 0 Å². The van der Waals surface area contributed by atoms with Gasteiger partial charge in [-0.15, -0.1) is 0 Å². The summed E-state index contributed by atoms with van der Waals surface area (Å²) in [6, 6.07) is 8.47. The fourth-order valence-electron chi connectivity index (χ4n) is 5.72. The minimum atomic E-state index is -4.67. The number of hydrogen-bond donors (Lipinski definition) is 2. The second kappa shape index (κ2) is 15.6. The van der Waals surface area contributed by atoms with Crippen LogP contribution in [0.25, 0.3) is 11.3 Å². The third kappa shape index (κ3) is 8.34. The number of nitrogens with zero attached hydrogens (tertiary/aromatic N) is 7. The molecule has 2 aliphatic rings. The predicted octanol–water partition coefficient (Wildman–Crippen LogP) is 4.86. The highest BCUT2D eigenvalue weighted by molar-refractivity contribution is 5.92. The predicted molar refractivity (Wildman–Crippen MR) is 174 cm³/mol. The lowest BCUT2D eigenvalue weighted by molar-refractivity contribution is -0.142. The Hall–Kier alpha value is -5.16. The van der Waals surface area contributed by atoms with Gasteiger partial charge in [-0.05, 0) is 31.2 Å². The van der Waals surface area contributed by atoms with Gasteiger partial charge in [0, 0.05) is 43.3 Å². The van der Waals surface area contributed by atoms with Crippen LogP contribution in [0, 0.1) is 0 Å². The zero-order chi connectivity index (χ0) is 35.1. The van der Waals surface area contributed by atoms with Crippen molar-refractivity contribution in [1.82, 2.24) is 35.2 Å². The van der Waals surface area contributed by atoms with Crippen molar-refractivity contribution in [3.8, 4) is 23.1 Å². The molecular weight excluding hydrogens is 659 g/mol. The summed E-state index contributed by atoms with van der Waals surface area (Å²) in [5, 5.41) is 6.26. The fourth-order valence-corrected chi connectivity index (χ4v) is 5.72. The smallest absolute Gasteiger partial charge is 0.423 e. The number of urea groups is 1. The number of benzene rings is 1. The van der Waals surface area contributed by atoms with Crippen LogP contribution in [0.1, 0.15) is 42.9 Å². The van der Waals surface area contributed by atoms with E-state index in [0.29, 0.717) is 42.8 Å². The van der Waals surface area contributed by atoms with Crippen LogP contribution in [0.15, 0.2) is 61.3 Å². The number of nitrogens with one attached hydrogen (secondary N) is 2. The highest BCUT2D eigenvalue weighted by Gasteiger charge is 2.38. The van der Waals surface area contributed by atoms with Crippen molar-refractivity contribution in [3.05, 3.63) is 72.4 Å². The van der Waals surface area contributed by atoms with Gasteiger partial charge in [0.15, 0.2) is 5.82 Å². The Balaban J connectivity index is 1.19. The maximum absolute atomic E-state index is 14.1. The first-order valence-corrected chi connectivity index (χ1v) is 16.0. The lowest BCUT2D eigenvalue weighted by Gasteiger charge is -2.37. The molecule has 17 heteroatoms. The molecule has 14 nitrogen and oxygen atoms in total. The Labute approximate surface area is 285 Å². The molecule has 1 atom stereocenters. The van der Waals surface area contributed by atoms with E-state index in [1.54, 1.807) is 30.6 Å². The van der Waals surface area contributed by atoms with Crippen LogP contribution in [0.5, 0.6) is 11.9 Å². The number of amides is 2. The molecule has 3 aromatic heterocycles. The Bertz CT molecular complexity index is 1710. The average molecular weight is 696 g/mol. The molecule has 1 aliphatic carbocycles. The van der Waals surface area contributed by atoms with Crippen molar-refractivity contribution in [3.63, 3.8) is 0 Å². The number of ether oxygens (including phenoxy) is 4. The van der Waals surface area contributed by atoms with Crippen LogP contribution in [0.3, 0.4) is 0 Å². The summed E-state index contributed by atoms with van der Waals surface area (Å²) < 4.78 is 61.8. The average Bonchev–Trinajstić information content (AvgIpc) is 3.11. The van der Waals surface area contributed by atoms with E-state index in [4.69, 9.17) is 18.9 Å². The van der Waals surface area contributed by atoms with E-state index >= 15 is 0 Å². The summed E-state index contributed by atoms with van der Waals surface area (Å²) in [5.41, 5.74) is 0.961. The Morgan fingerprint density at radius 3 is 2.30 bits per heavy atom. The minimum absolute atomic E-state index is 0.0283. The summed E-state index contributed by atoms with van der Waals surface area (Å²) in [6.07, 6.45) is 4.01. The molecule has 4 heterocycles. The number of halogens is 3. The molecule has 264 valence electrons. The van der Waals surface area contributed by atoms with E-state index in [0.717, 1.165) is 11.8 Å². The number of carbonyl (C=O) groups is 1. The van der Waals surface area contributed by atoms with Crippen LogP contribution >= 0.6 is 0 Å². The van der Waals surface area contributed by atoms with Gasteiger partial charge >= 0.3 is 18.2 Å². The molecule has 0 spiro atoms. The van der Waals surface area contributed by atoms with E-state index in [1.165, 1.54) is 13.3 Å². The van der Waals surface area contributed by atoms with Crippen LogP contribution in [0.4, 0.5) is 29.7 Å². The van der Waals surface area contributed by atoms with Crippen molar-refractivity contribution < 1.29 is 36.9 Å². The SMILES string of the molecule is COCC(NC(=O)N(c1cnc(-c2cnc(OC)nc2)cn1)C1CCC(Nc2ncc(C(F)(F)F)c(OC3COC3)n2)CC1)c1ccccc1. The van der Waals surface area contributed by atoms with Crippen molar-refractivity contribution in [2.75, 3.05) is 44.3 Å². The van der Waals surface area contributed by atoms with Crippen LogP contribution in [0.2, 0.25) is 0 Å². The second-order valence-electron chi connectivity index (χ2n) is 11.8. The summed E-state index contributed by atoms with van der Waals surface area (Å²) in [6.45, 7) is 0.631. The van der Waals surface area contributed by atoms with Crippen LogP contribution < -0.4 is 25.0 Å². The van der Waals surface area contributed by atoms with E-state index < -0.39 is 29.8 Å². The molecule has 50 heavy (non-hydrogen) atoms. The Morgan fingerprint density at radius 1 is 0.960 bits per heavy atom. The van der Waals surface area contributed by atoms with Gasteiger partial charge in [-0.2, -0.15) is 18.2 Å². The largest absolute Gasteiger partial charge is 0.469 e. The first-order valence-electron chi connectivity index (χ1n) is 16.0. The molecule has 1 saturated heterocycles. The normalized spacial score (nSPS) is 18.4. The summed E-state index contributed by atoms with van der Waals surface area (Å²) in [7, 11) is 3.04. The van der Waals surface area contributed by atoms with Gasteiger partial charge in [-0.25, -0.2) is 24.7 Å². The first kappa shape index (κ1) is 34.7. The molecule has 1 unspecified atom stereocenters. The summed E-state index contributed by atoms with van der Waals surface area (Å²) >= 11 is 0. The Morgan fingerprint density at radius 2 is 1.70 bits per heavy atom. The molecule has 2 N–H and O–H groups in total. The van der Waals surface area contributed by atoms with Gasteiger partial charge < -0.3 is 29.6 Å². The minimum Gasteiger partial charge on any atom is -0.469 e. The molecule has 6 rings (SSSR count). The van der Waals surface area contributed by atoms with Gasteiger partial charge in [0.05, 0.1) is 51.1 Å². The number of anilines is 2. The monoisotopic (exact) mass is 695 g/mol. The molecule has 2 fully saturated rings.